The van der Waals surface area contributed by atoms with Gasteiger partial charge in [-0.25, -0.2) is 9.97 Å². The molecule has 7 nitrogen and oxygen atoms in total. The fourth-order valence-corrected chi connectivity index (χ4v) is 3.48. The van der Waals surface area contributed by atoms with Gasteiger partial charge in [0.25, 0.3) is 0 Å². The molecule has 0 unspecified atom stereocenters. The highest BCUT2D eigenvalue weighted by Gasteiger charge is 2.24. The highest BCUT2D eigenvalue weighted by atomic mass is 16.5. The van der Waals surface area contributed by atoms with Crippen LogP contribution in [0.15, 0.2) is 41.2 Å². The zero-order chi connectivity index (χ0) is 18.6. The monoisotopic (exact) mass is 365 g/mol. The van der Waals surface area contributed by atoms with Gasteiger partial charge in [0.2, 0.25) is 11.8 Å². The van der Waals surface area contributed by atoms with Crippen LogP contribution in [0.3, 0.4) is 0 Å². The molecule has 0 radical (unpaired) electrons. The second-order valence-corrected chi connectivity index (χ2v) is 6.86. The molecule has 1 aromatic carbocycles. The van der Waals surface area contributed by atoms with E-state index in [1.807, 2.05) is 13.0 Å². The molecule has 0 bridgehead atoms. The minimum atomic E-state index is 0.411. The lowest BCUT2D eigenvalue weighted by Crippen LogP contribution is -2.32. The maximum Gasteiger partial charge on any atom is 0.223 e. The predicted octanol–water partition coefficient (Wildman–Crippen LogP) is 3.22. The second-order valence-electron chi connectivity index (χ2n) is 6.86. The van der Waals surface area contributed by atoms with Crippen LogP contribution in [0.25, 0.3) is 11.3 Å². The Labute approximate surface area is 158 Å². The van der Waals surface area contributed by atoms with E-state index in [0.717, 1.165) is 49.6 Å². The number of aromatic nitrogens is 4. The molecule has 3 heterocycles. The van der Waals surface area contributed by atoms with Gasteiger partial charge in [0.15, 0.2) is 5.82 Å². The average Bonchev–Trinajstić information content (AvgIpc) is 3.15. The first-order valence-corrected chi connectivity index (χ1v) is 9.19. The van der Waals surface area contributed by atoms with Crippen LogP contribution in [0.1, 0.15) is 36.0 Å². The van der Waals surface area contributed by atoms with Gasteiger partial charge in [-0.2, -0.15) is 4.98 Å². The van der Waals surface area contributed by atoms with Crippen LogP contribution >= 0.6 is 0 Å². The molecule has 3 aromatic rings. The van der Waals surface area contributed by atoms with Gasteiger partial charge < -0.3 is 9.26 Å². The van der Waals surface area contributed by atoms with Crippen molar-refractivity contribution in [2.24, 2.45) is 0 Å². The van der Waals surface area contributed by atoms with Crippen molar-refractivity contribution >= 4 is 0 Å². The quantitative estimate of drug-likeness (QED) is 0.687. The van der Waals surface area contributed by atoms with Gasteiger partial charge in [-0.05, 0) is 31.5 Å². The number of aryl methyl sites for hydroxylation is 1. The molecule has 7 heteroatoms. The summed E-state index contributed by atoms with van der Waals surface area (Å²) >= 11 is 0. The maximum atomic E-state index is 5.17. The standard InChI is InChI=1S/C20H23N5O2/c1-14-23-20(24-27-14)17-7-9-25(10-8-17)12-15-3-5-16(6-4-15)18-11-19(26-2)22-13-21-18/h3-6,11,13,17H,7-10,12H2,1-2H3. The summed E-state index contributed by atoms with van der Waals surface area (Å²) in [5, 5.41) is 4.08. The minimum absolute atomic E-state index is 0.411. The van der Waals surface area contributed by atoms with Gasteiger partial charge >= 0.3 is 0 Å². The molecule has 0 aliphatic carbocycles. The van der Waals surface area contributed by atoms with Crippen molar-refractivity contribution in [1.82, 2.24) is 25.0 Å². The van der Waals surface area contributed by atoms with Crippen LogP contribution in [0, 0.1) is 6.92 Å². The number of rotatable bonds is 5. The van der Waals surface area contributed by atoms with Gasteiger partial charge in [0, 0.05) is 31.0 Å². The lowest BCUT2D eigenvalue weighted by molar-refractivity contribution is 0.200. The van der Waals surface area contributed by atoms with E-state index in [1.165, 1.54) is 11.9 Å². The molecule has 2 aromatic heterocycles. The number of nitrogens with zero attached hydrogens (tertiary/aromatic N) is 5. The third-order valence-electron chi connectivity index (χ3n) is 5.00. The number of benzene rings is 1. The Balaban J connectivity index is 1.35. The number of likely N-dealkylation sites (tertiary alicyclic amines) is 1. The van der Waals surface area contributed by atoms with Gasteiger partial charge in [0.05, 0.1) is 12.8 Å². The smallest absolute Gasteiger partial charge is 0.223 e. The maximum absolute atomic E-state index is 5.17. The highest BCUT2D eigenvalue weighted by Crippen LogP contribution is 2.27. The first kappa shape index (κ1) is 17.6. The van der Waals surface area contributed by atoms with E-state index in [0.29, 0.717) is 17.7 Å². The van der Waals surface area contributed by atoms with Crippen LogP contribution in [0.5, 0.6) is 5.88 Å². The molecule has 4 rings (SSSR count). The lowest BCUT2D eigenvalue weighted by Gasteiger charge is -2.30. The fourth-order valence-electron chi connectivity index (χ4n) is 3.48. The van der Waals surface area contributed by atoms with Crippen molar-refractivity contribution in [2.45, 2.75) is 32.2 Å². The number of hydrogen-bond acceptors (Lipinski definition) is 7. The third kappa shape index (κ3) is 4.14. The van der Waals surface area contributed by atoms with Gasteiger partial charge in [-0.15, -0.1) is 0 Å². The van der Waals surface area contributed by atoms with Crippen LogP contribution in [0.2, 0.25) is 0 Å². The Hall–Kier alpha value is -2.80. The molecule has 1 fully saturated rings. The average molecular weight is 365 g/mol. The van der Waals surface area contributed by atoms with E-state index in [1.54, 1.807) is 7.11 Å². The summed E-state index contributed by atoms with van der Waals surface area (Å²) in [6, 6.07) is 10.4. The molecular weight excluding hydrogens is 342 g/mol. The predicted molar refractivity (Wildman–Crippen MR) is 100 cm³/mol. The molecule has 1 saturated heterocycles. The molecule has 0 amide bonds. The van der Waals surface area contributed by atoms with Crippen LogP contribution < -0.4 is 4.74 Å². The van der Waals surface area contributed by atoms with E-state index in [-0.39, 0.29) is 0 Å². The van der Waals surface area contributed by atoms with E-state index >= 15 is 0 Å². The Bertz CT molecular complexity index is 885. The summed E-state index contributed by atoms with van der Waals surface area (Å²) in [4.78, 5) is 15.2. The first-order chi connectivity index (χ1) is 13.2. The van der Waals surface area contributed by atoms with Crippen LogP contribution in [-0.4, -0.2) is 45.2 Å². The molecular formula is C20H23N5O2. The van der Waals surface area contributed by atoms with Gasteiger partial charge in [-0.1, -0.05) is 29.4 Å². The number of methoxy groups -OCH3 is 1. The summed E-state index contributed by atoms with van der Waals surface area (Å²) in [7, 11) is 1.61. The second kappa shape index (κ2) is 7.84. The number of piperidine rings is 1. The Morgan fingerprint density at radius 3 is 2.59 bits per heavy atom. The first-order valence-electron chi connectivity index (χ1n) is 9.19. The molecule has 0 N–H and O–H groups in total. The van der Waals surface area contributed by atoms with Gasteiger partial charge in [-0.3, -0.25) is 4.90 Å². The molecule has 27 heavy (non-hydrogen) atoms. The Morgan fingerprint density at radius 1 is 1.15 bits per heavy atom. The van der Waals surface area contributed by atoms with Crippen molar-refractivity contribution in [3.8, 4) is 17.1 Å². The highest BCUT2D eigenvalue weighted by molar-refractivity contribution is 5.60. The normalized spacial score (nSPS) is 15.8. The summed E-state index contributed by atoms with van der Waals surface area (Å²) in [6.07, 6.45) is 3.66. The van der Waals surface area contributed by atoms with Crippen molar-refractivity contribution in [3.63, 3.8) is 0 Å². The summed E-state index contributed by atoms with van der Waals surface area (Å²) < 4.78 is 10.3. The van der Waals surface area contributed by atoms with Crippen molar-refractivity contribution in [3.05, 3.63) is 53.9 Å². The van der Waals surface area contributed by atoms with Crippen LogP contribution in [0.4, 0.5) is 0 Å². The Kier molecular flexibility index (Phi) is 5.11. The lowest BCUT2D eigenvalue weighted by atomic mass is 9.96. The van der Waals surface area contributed by atoms with E-state index in [2.05, 4.69) is 49.3 Å². The van der Waals surface area contributed by atoms with E-state index in [9.17, 15) is 0 Å². The number of hydrogen-bond donors (Lipinski definition) is 0. The van der Waals surface area contributed by atoms with E-state index < -0.39 is 0 Å². The zero-order valence-corrected chi connectivity index (χ0v) is 15.6. The van der Waals surface area contributed by atoms with Crippen molar-refractivity contribution in [2.75, 3.05) is 20.2 Å². The largest absolute Gasteiger partial charge is 0.481 e. The topological polar surface area (TPSA) is 77.2 Å². The summed E-state index contributed by atoms with van der Waals surface area (Å²) in [5.41, 5.74) is 3.23. The van der Waals surface area contributed by atoms with E-state index in [4.69, 9.17) is 9.26 Å². The van der Waals surface area contributed by atoms with Gasteiger partial charge in [0.1, 0.15) is 6.33 Å². The SMILES string of the molecule is COc1cc(-c2ccc(CN3CCC(c4noc(C)n4)CC3)cc2)ncn1. The number of ether oxygens (including phenoxy) is 1. The third-order valence-corrected chi connectivity index (χ3v) is 5.00. The molecule has 0 atom stereocenters. The molecule has 1 aliphatic heterocycles. The molecule has 140 valence electrons. The Morgan fingerprint density at radius 2 is 1.93 bits per heavy atom. The fraction of sp³-hybridized carbons (Fsp3) is 0.400. The molecule has 0 saturated carbocycles. The van der Waals surface area contributed by atoms with Crippen LogP contribution in [-0.2, 0) is 6.54 Å². The zero-order valence-electron chi connectivity index (χ0n) is 15.6. The van der Waals surface area contributed by atoms with Crippen molar-refractivity contribution < 1.29 is 9.26 Å². The summed E-state index contributed by atoms with van der Waals surface area (Å²) in [6.45, 7) is 4.88. The minimum Gasteiger partial charge on any atom is -0.481 e. The molecule has 1 aliphatic rings. The molecule has 0 spiro atoms. The summed E-state index contributed by atoms with van der Waals surface area (Å²) in [5.74, 6) is 2.49. The van der Waals surface area contributed by atoms with Crippen molar-refractivity contribution in [1.29, 1.82) is 0 Å².